The average Bonchev–Trinajstić information content (AvgIpc) is 2.97. The van der Waals surface area contributed by atoms with Gasteiger partial charge in [-0.15, -0.1) is 0 Å². The van der Waals surface area contributed by atoms with Crippen molar-refractivity contribution in [1.29, 1.82) is 0 Å². The maximum atomic E-state index is 13.1. The van der Waals surface area contributed by atoms with Gasteiger partial charge in [0.2, 0.25) is 0 Å². The van der Waals surface area contributed by atoms with Gasteiger partial charge in [-0.2, -0.15) is 13.2 Å². The highest BCUT2D eigenvalue weighted by molar-refractivity contribution is 5.33. The Hall–Kier alpha value is -1.07. The molecule has 0 N–H and O–H groups in total. The molecule has 0 aromatic heterocycles. The minimum Gasteiger partial charge on any atom is -0.305 e. The van der Waals surface area contributed by atoms with Crippen LogP contribution in [0.25, 0.3) is 0 Å². The minimum atomic E-state index is -4.28. The number of halogens is 3. The zero-order valence-corrected chi connectivity index (χ0v) is 15.7. The molecule has 1 atom stereocenters. The van der Waals surface area contributed by atoms with Crippen LogP contribution in [-0.2, 0) is 12.7 Å². The second-order valence-electron chi connectivity index (χ2n) is 6.76. The number of rotatable bonds is 4. The minimum absolute atomic E-state index is 0.0918. The summed E-state index contributed by atoms with van der Waals surface area (Å²) in [5.74, 6) is 0.0918. The first kappa shape index (κ1) is 21.0. The Bertz CT molecular complexity index is 510. The van der Waals surface area contributed by atoms with Crippen LogP contribution in [0.1, 0.15) is 56.7 Å². The van der Waals surface area contributed by atoms with Crippen molar-refractivity contribution in [3.63, 3.8) is 0 Å². The number of hydrogen-bond donors (Lipinski definition) is 0. The van der Waals surface area contributed by atoms with Gasteiger partial charge in [0.05, 0.1) is 5.56 Å². The Kier molecular flexibility index (Phi) is 7.74. The van der Waals surface area contributed by atoms with Crippen LogP contribution in [0.2, 0.25) is 0 Å². The molecule has 1 aromatic rings. The number of likely N-dealkylation sites (N-methyl/N-ethyl adjacent to an activating group) is 1. The summed E-state index contributed by atoms with van der Waals surface area (Å²) in [6, 6.07) is 4.99. The number of benzene rings is 1. The quantitative estimate of drug-likeness (QED) is 0.759. The number of likely N-dealkylation sites (tertiary alicyclic amines) is 1. The Labute approximate surface area is 144 Å². The number of alkyl halides is 3. The molecule has 1 heterocycles. The van der Waals surface area contributed by atoms with Gasteiger partial charge in [0.1, 0.15) is 0 Å². The average molecular weight is 344 g/mol. The lowest BCUT2D eigenvalue weighted by Crippen LogP contribution is -2.31. The summed E-state index contributed by atoms with van der Waals surface area (Å²) >= 11 is 0. The van der Waals surface area contributed by atoms with E-state index in [0.29, 0.717) is 12.6 Å². The van der Waals surface area contributed by atoms with E-state index in [0.717, 1.165) is 30.6 Å². The lowest BCUT2D eigenvalue weighted by molar-refractivity contribution is -0.137. The molecule has 1 aromatic carbocycles. The van der Waals surface area contributed by atoms with Crippen LogP contribution in [0.5, 0.6) is 0 Å². The van der Waals surface area contributed by atoms with Gasteiger partial charge in [-0.25, -0.2) is 0 Å². The lowest BCUT2D eigenvalue weighted by atomic mass is 9.97. The molecule has 24 heavy (non-hydrogen) atoms. The fourth-order valence-corrected chi connectivity index (χ4v) is 2.94. The van der Waals surface area contributed by atoms with E-state index in [1.807, 2.05) is 33.8 Å². The fourth-order valence-electron chi connectivity index (χ4n) is 2.94. The molecule has 0 unspecified atom stereocenters. The van der Waals surface area contributed by atoms with Crippen LogP contribution in [0, 0.1) is 0 Å². The number of hydrogen-bond acceptors (Lipinski definition) is 2. The fraction of sp³-hybridized carbons (Fsp3) is 0.684. The van der Waals surface area contributed by atoms with Crippen LogP contribution >= 0.6 is 0 Å². The van der Waals surface area contributed by atoms with Crippen molar-refractivity contribution in [2.24, 2.45) is 0 Å². The normalized spacial score (nSPS) is 18.9. The first-order valence-corrected chi connectivity index (χ1v) is 8.76. The standard InChI is InChI=1S/C17H25F3N2.C2H6/c1-12(2)14-7-13(8-15(9-14)17(18,19)20)10-22-6-5-16(11-22)21(3)4;1-2/h7-9,12,16H,5-6,10-11H2,1-4H3;1-2H3/t16-;/m1./s1. The molecule has 0 saturated carbocycles. The predicted octanol–water partition coefficient (Wildman–Crippen LogP) is 4.99. The van der Waals surface area contributed by atoms with E-state index in [1.165, 1.54) is 12.1 Å². The van der Waals surface area contributed by atoms with Gasteiger partial charge in [-0.05, 0) is 49.7 Å². The van der Waals surface area contributed by atoms with Crippen molar-refractivity contribution in [2.75, 3.05) is 27.2 Å². The summed E-state index contributed by atoms with van der Waals surface area (Å²) in [5.41, 5.74) is 0.989. The summed E-state index contributed by atoms with van der Waals surface area (Å²) in [4.78, 5) is 4.43. The first-order valence-electron chi connectivity index (χ1n) is 8.76. The molecule has 1 aliphatic heterocycles. The van der Waals surface area contributed by atoms with E-state index >= 15 is 0 Å². The molecule has 0 aliphatic carbocycles. The van der Waals surface area contributed by atoms with Crippen molar-refractivity contribution in [3.8, 4) is 0 Å². The smallest absolute Gasteiger partial charge is 0.305 e. The van der Waals surface area contributed by atoms with Gasteiger partial charge in [-0.1, -0.05) is 33.8 Å². The highest BCUT2D eigenvalue weighted by Gasteiger charge is 2.32. The molecule has 0 radical (unpaired) electrons. The SMILES string of the molecule is CC.CC(C)c1cc(CN2CC[C@@H](N(C)C)C2)cc(C(F)(F)F)c1. The van der Waals surface area contributed by atoms with Gasteiger partial charge in [0.15, 0.2) is 0 Å². The maximum Gasteiger partial charge on any atom is 0.416 e. The topological polar surface area (TPSA) is 6.48 Å². The number of nitrogens with zero attached hydrogens (tertiary/aromatic N) is 2. The van der Waals surface area contributed by atoms with E-state index in [4.69, 9.17) is 0 Å². The third kappa shape index (κ3) is 5.78. The van der Waals surface area contributed by atoms with Crippen LogP contribution in [0.15, 0.2) is 18.2 Å². The van der Waals surface area contributed by atoms with E-state index in [9.17, 15) is 13.2 Å². The van der Waals surface area contributed by atoms with Gasteiger partial charge < -0.3 is 4.90 Å². The highest BCUT2D eigenvalue weighted by Crippen LogP contribution is 2.33. The Morgan fingerprint density at radius 3 is 2.25 bits per heavy atom. The molecule has 0 spiro atoms. The Balaban J connectivity index is 0.00000139. The third-order valence-corrected chi connectivity index (χ3v) is 4.39. The van der Waals surface area contributed by atoms with E-state index < -0.39 is 11.7 Å². The summed E-state index contributed by atoms with van der Waals surface area (Å²) in [6.07, 6.45) is -3.21. The first-order chi connectivity index (χ1) is 11.2. The summed E-state index contributed by atoms with van der Waals surface area (Å²) in [5, 5.41) is 0. The van der Waals surface area contributed by atoms with Crippen molar-refractivity contribution in [3.05, 3.63) is 34.9 Å². The molecule has 138 valence electrons. The monoisotopic (exact) mass is 344 g/mol. The lowest BCUT2D eigenvalue weighted by Gasteiger charge is -2.21. The highest BCUT2D eigenvalue weighted by atomic mass is 19.4. The zero-order valence-electron chi connectivity index (χ0n) is 15.7. The second-order valence-corrected chi connectivity index (χ2v) is 6.76. The molecule has 1 aliphatic rings. The molecule has 5 heteroatoms. The van der Waals surface area contributed by atoms with Crippen molar-refractivity contribution in [2.45, 2.75) is 58.8 Å². The molecule has 0 bridgehead atoms. The van der Waals surface area contributed by atoms with Gasteiger partial charge in [-0.3, -0.25) is 4.90 Å². The maximum absolute atomic E-state index is 13.1. The van der Waals surface area contributed by atoms with Gasteiger partial charge in [0, 0.05) is 25.7 Å². The van der Waals surface area contributed by atoms with Crippen molar-refractivity contribution < 1.29 is 13.2 Å². The van der Waals surface area contributed by atoms with E-state index in [2.05, 4.69) is 23.9 Å². The third-order valence-electron chi connectivity index (χ3n) is 4.39. The van der Waals surface area contributed by atoms with Crippen LogP contribution < -0.4 is 0 Å². The van der Waals surface area contributed by atoms with Crippen LogP contribution in [-0.4, -0.2) is 43.0 Å². The molecule has 1 saturated heterocycles. The van der Waals surface area contributed by atoms with Crippen LogP contribution in [0.3, 0.4) is 0 Å². The Morgan fingerprint density at radius 2 is 1.79 bits per heavy atom. The van der Waals surface area contributed by atoms with Crippen LogP contribution in [0.4, 0.5) is 13.2 Å². The molecule has 2 nitrogen and oxygen atoms in total. The molecule has 0 amide bonds. The van der Waals surface area contributed by atoms with Crippen molar-refractivity contribution in [1.82, 2.24) is 9.80 Å². The van der Waals surface area contributed by atoms with Gasteiger partial charge in [0.25, 0.3) is 0 Å². The summed E-state index contributed by atoms with van der Waals surface area (Å²) in [6.45, 7) is 10.3. The Morgan fingerprint density at radius 1 is 1.17 bits per heavy atom. The molecular formula is C19H31F3N2. The predicted molar refractivity (Wildman–Crippen MR) is 94.3 cm³/mol. The second kappa shape index (κ2) is 8.86. The van der Waals surface area contributed by atoms with Gasteiger partial charge >= 0.3 is 6.18 Å². The molecule has 2 rings (SSSR count). The molecule has 1 fully saturated rings. The largest absolute Gasteiger partial charge is 0.416 e. The van der Waals surface area contributed by atoms with E-state index in [1.54, 1.807) is 0 Å². The van der Waals surface area contributed by atoms with Crippen molar-refractivity contribution >= 4 is 0 Å². The molecular weight excluding hydrogens is 313 g/mol. The summed E-state index contributed by atoms with van der Waals surface area (Å²) < 4.78 is 39.2. The summed E-state index contributed by atoms with van der Waals surface area (Å²) in [7, 11) is 4.10. The zero-order chi connectivity index (χ0) is 18.5. The van der Waals surface area contributed by atoms with E-state index in [-0.39, 0.29) is 5.92 Å².